The van der Waals surface area contributed by atoms with Gasteiger partial charge in [-0.05, 0) is 43.8 Å². The van der Waals surface area contributed by atoms with E-state index in [2.05, 4.69) is 20.1 Å². The van der Waals surface area contributed by atoms with Crippen LogP contribution in [0.25, 0.3) is 5.78 Å². The molecule has 3 rings (SSSR count). The Labute approximate surface area is 129 Å². The normalized spacial score (nSPS) is 10.8. The maximum Gasteiger partial charge on any atom is 0.253 e. The van der Waals surface area contributed by atoms with Gasteiger partial charge in [-0.25, -0.2) is 14.5 Å². The summed E-state index contributed by atoms with van der Waals surface area (Å²) in [5.41, 5.74) is 2.04. The van der Waals surface area contributed by atoms with Crippen molar-refractivity contribution in [1.82, 2.24) is 24.6 Å². The van der Waals surface area contributed by atoms with Crippen molar-refractivity contribution in [1.29, 1.82) is 5.26 Å². The van der Waals surface area contributed by atoms with E-state index in [9.17, 15) is 0 Å². The van der Waals surface area contributed by atoms with Crippen molar-refractivity contribution < 1.29 is 0 Å². The molecule has 0 saturated carbocycles. The summed E-state index contributed by atoms with van der Waals surface area (Å²) in [4.78, 5) is 12.8. The van der Waals surface area contributed by atoms with E-state index >= 15 is 0 Å². The lowest BCUT2D eigenvalue weighted by Crippen LogP contribution is -1.97. The highest BCUT2D eigenvalue weighted by atomic mass is 35.5. The van der Waals surface area contributed by atoms with Gasteiger partial charge in [0.25, 0.3) is 5.78 Å². The zero-order chi connectivity index (χ0) is 15.0. The molecule has 3 heterocycles. The highest BCUT2D eigenvalue weighted by Crippen LogP contribution is 2.25. The molecule has 3 aromatic heterocycles. The number of nitriles is 1. The molecule has 0 bridgehead atoms. The molecule has 0 fully saturated rings. The Bertz CT molecular complexity index is 882. The summed E-state index contributed by atoms with van der Waals surface area (Å²) in [6.45, 7) is 3.85. The Hall–Kier alpha value is -2.17. The Balaban J connectivity index is 1.99. The van der Waals surface area contributed by atoms with Gasteiger partial charge in [-0.2, -0.15) is 10.2 Å². The van der Waals surface area contributed by atoms with Gasteiger partial charge < -0.3 is 0 Å². The van der Waals surface area contributed by atoms with Crippen LogP contribution in [-0.2, 0) is 0 Å². The van der Waals surface area contributed by atoms with Crippen LogP contribution in [-0.4, -0.2) is 24.6 Å². The van der Waals surface area contributed by atoms with E-state index in [0.717, 1.165) is 11.4 Å². The summed E-state index contributed by atoms with van der Waals surface area (Å²) in [7, 11) is 0. The zero-order valence-electron chi connectivity index (χ0n) is 11.2. The van der Waals surface area contributed by atoms with E-state index in [1.807, 2.05) is 26.0 Å². The highest BCUT2D eigenvalue weighted by molar-refractivity contribution is 7.99. The minimum absolute atomic E-state index is 0.190. The van der Waals surface area contributed by atoms with Crippen LogP contribution < -0.4 is 0 Å². The number of hydrogen-bond acceptors (Lipinski definition) is 6. The van der Waals surface area contributed by atoms with Crippen molar-refractivity contribution in [2.75, 3.05) is 0 Å². The summed E-state index contributed by atoms with van der Waals surface area (Å²) in [5, 5.41) is 14.8. The lowest BCUT2D eigenvalue weighted by atomic mass is 10.4. The van der Waals surface area contributed by atoms with E-state index in [-0.39, 0.29) is 5.69 Å². The number of pyridine rings is 1. The number of rotatable bonds is 2. The largest absolute Gasteiger partial charge is 0.253 e. The van der Waals surface area contributed by atoms with Gasteiger partial charge in [0.15, 0.2) is 5.69 Å². The maximum atomic E-state index is 8.94. The smallest absolute Gasteiger partial charge is 0.229 e. The Morgan fingerprint density at radius 3 is 2.81 bits per heavy atom. The molecule has 0 unspecified atom stereocenters. The average molecular weight is 317 g/mol. The monoisotopic (exact) mass is 316 g/mol. The lowest BCUT2D eigenvalue weighted by Gasteiger charge is -1.98. The van der Waals surface area contributed by atoms with Crippen LogP contribution in [0.15, 0.2) is 28.4 Å². The minimum Gasteiger partial charge on any atom is -0.229 e. The third kappa shape index (κ3) is 2.68. The molecule has 21 heavy (non-hydrogen) atoms. The predicted molar refractivity (Wildman–Crippen MR) is 78.3 cm³/mol. The van der Waals surface area contributed by atoms with Crippen LogP contribution in [0.1, 0.15) is 17.1 Å². The van der Waals surface area contributed by atoms with Gasteiger partial charge >= 0.3 is 0 Å². The van der Waals surface area contributed by atoms with Gasteiger partial charge in [-0.1, -0.05) is 11.6 Å². The molecule has 0 aromatic carbocycles. The van der Waals surface area contributed by atoms with Crippen molar-refractivity contribution in [2.45, 2.75) is 24.0 Å². The number of aryl methyl sites for hydroxylation is 2. The molecule has 0 N–H and O–H groups in total. The topological polar surface area (TPSA) is 79.8 Å². The number of aromatic nitrogens is 5. The van der Waals surface area contributed by atoms with Crippen molar-refractivity contribution in [3.63, 3.8) is 0 Å². The molecule has 8 heteroatoms. The van der Waals surface area contributed by atoms with E-state index in [1.54, 1.807) is 16.6 Å². The quantitative estimate of drug-likeness (QED) is 0.723. The average Bonchev–Trinajstić information content (AvgIpc) is 2.83. The molecule has 3 aromatic rings. The number of nitrogens with zero attached hydrogens (tertiary/aromatic N) is 6. The van der Waals surface area contributed by atoms with Gasteiger partial charge in [0, 0.05) is 11.4 Å². The van der Waals surface area contributed by atoms with Crippen molar-refractivity contribution >= 4 is 29.1 Å². The fourth-order valence-electron chi connectivity index (χ4n) is 1.84. The van der Waals surface area contributed by atoms with E-state index in [0.29, 0.717) is 21.0 Å². The van der Waals surface area contributed by atoms with Crippen LogP contribution in [0.5, 0.6) is 0 Å². The molecule has 0 radical (unpaired) electrons. The summed E-state index contributed by atoms with van der Waals surface area (Å²) in [6.07, 6.45) is 0. The van der Waals surface area contributed by atoms with Gasteiger partial charge in [0.05, 0.1) is 5.02 Å². The minimum atomic E-state index is 0.190. The van der Waals surface area contributed by atoms with Gasteiger partial charge in [-0.3, -0.25) is 0 Å². The first-order chi connectivity index (χ1) is 10.1. The molecule has 0 aliphatic rings. The van der Waals surface area contributed by atoms with Crippen LogP contribution in [0.4, 0.5) is 0 Å². The molecular weight excluding hydrogens is 308 g/mol. The molecule has 0 amide bonds. The Morgan fingerprint density at radius 1 is 1.24 bits per heavy atom. The van der Waals surface area contributed by atoms with Gasteiger partial charge in [0.1, 0.15) is 11.1 Å². The SMILES string of the molecule is Cc1cc(C)n2nc(Sc3ccc(Cl)c(C#N)n3)nc2n1. The van der Waals surface area contributed by atoms with Crippen molar-refractivity contribution in [3.8, 4) is 6.07 Å². The van der Waals surface area contributed by atoms with Gasteiger partial charge in [0.2, 0.25) is 5.16 Å². The van der Waals surface area contributed by atoms with E-state index in [1.165, 1.54) is 11.8 Å². The second-order valence-corrected chi connectivity index (χ2v) is 5.73. The summed E-state index contributed by atoms with van der Waals surface area (Å²) < 4.78 is 1.68. The first-order valence-electron chi connectivity index (χ1n) is 6.02. The van der Waals surface area contributed by atoms with Gasteiger partial charge in [-0.15, -0.1) is 5.10 Å². The number of hydrogen-bond donors (Lipinski definition) is 0. The van der Waals surface area contributed by atoms with E-state index < -0.39 is 0 Å². The van der Waals surface area contributed by atoms with E-state index in [4.69, 9.17) is 16.9 Å². The molecular formula is C13H9ClN6S. The second kappa shape index (κ2) is 5.31. The molecule has 0 aliphatic carbocycles. The fourth-order valence-corrected chi connectivity index (χ4v) is 2.70. The first kappa shape index (κ1) is 13.8. The summed E-state index contributed by atoms with van der Waals surface area (Å²) in [5.74, 6) is 0.546. The highest BCUT2D eigenvalue weighted by Gasteiger charge is 2.11. The third-order valence-corrected chi connectivity index (χ3v) is 3.82. The van der Waals surface area contributed by atoms with Crippen LogP contribution in [0.3, 0.4) is 0 Å². The summed E-state index contributed by atoms with van der Waals surface area (Å²) >= 11 is 7.12. The molecule has 0 atom stereocenters. The Kier molecular flexibility index (Phi) is 3.49. The molecule has 0 saturated heterocycles. The van der Waals surface area contributed by atoms with Crippen LogP contribution in [0.2, 0.25) is 5.02 Å². The predicted octanol–water partition coefficient (Wildman–Crippen LogP) is 2.81. The second-order valence-electron chi connectivity index (χ2n) is 4.34. The molecule has 0 aliphatic heterocycles. The van der Waals surface area contributed by atoms with Crippen molar-refractivity contribution in [2.24, 2.45) is 0 Å². The third-order valence-electron chi connectivity index (χ3n) is 2.72. The number of fused-ring (bicyclic) bond motifs is 1. The Morgan fingerprint density at radius 2 is 2.05 bits per heavy atom. The van der Waals surface area contributed by atoms with Crippen LogP contribution in [0, 0.1) is 25.2 Å². The fraction of sp³-hybridized carbons (Fsp3) is 0.154. The maximum absolute atomic E-state index is 8.94. The summed E-state index contributed by atoms with van der Waals surface area (Å²) in [6, 6.07) is 7.25. The zero-order valence-corrected chi connectivity index (χ0v) is 12.8. The lowest BCUT2D eigenvalue weighted by molar-refractivity contribution is 0.842. The standard InChI is InChI=1S/C13H9ClN6S/c1-7-5-8(2)20-12(16-7)18-13(19-20)21-11-4-3-9(14)10(6-15)17-11/h3-5H,1-2H3. The molecule has 104 valence electrons. The molecule has 0 spiro atoms. The van der Waals surface area contributed by atoms with Crippen LogP contribution >= 0.6 is 23.4 Å². The van der Waals surface area contributed by atoms with Crippen molar-refractivity contribution in [3.05, 3.63) is 40.3 Å². The molecule has 6 nitrogen and oxygen atoms in total. The number of halogens is 1. The first-order valence-corrected chi connectivity index (χ1v) is 7.22.